The largest absolute Gasteiger partial charge is 0.416 e. The van der Waals surface area contributed by atoms with E-state index in [-0.39, 0.29) is 30.1 Å². The molecule has 0 heterocycles. The lowest BCUT2D eigenvalue weighted by molar-refractivity contribution is -0.138. The third kappa shape index (κ3) is 6.43. The van der Waals surface area contributed by atoms with E-state index in [2.05, 4.69) is 0 Å². The first-order valence-corrected chi connectivity index (χ1v) is 8.34. The smallest absolute Gasteiger partial charge is 0.166 e. The van der Waals surface area contributed by atoms with Crippen molar-refractivity contribution >= 4 is 69.6 Å². The molecule has 144 valence electrons. The van der Waals surface area contributed by atoms with E-state index in [1.165, 1.54) is 0 Å². The molecule has 0 fully saturated rings. The molecule has 0 unspecified atom stereocenters. The Morgan fingerprint density at radius 1 is 0.462 bits per heavy atom. The van der Waals surface area contributed by atoms with Crippen molar-refractivity contribution in [3.05, 3.63) is 65.5 Å². The highest BCUT2D eigenvalue weighted by Gasteiger charge is 2.32. The van der Waals surface area contributed by atoms with Gasteiger partial charge in [0.15, 0.2) is 0 Å². The van der Waals surface area contributed by atoms with Crippen LogP contribution >= 0.6 is 69.6 Å². The summed E-state index contributed by atoms with van der Waals surface area (Å²) < 4.78 is 72.7. The summed E-state index contributed by atoms with van der Waals surface area (Å²) in [6, 6.07) is 2.93. The molecule has 2 aromatic carbocycles. The second-order valence-corrected chi connectivity index (χ2v) is 6.89. The Kier molecular flexibility index (Phi) is 8.09. The molecule has 0 saturated carbocycles. The standard InChI is InChI=1S/2C7H2Cl3F3/c2*8-4-1-3(7(11,12)13)2-5(9)6(4)10/h2*1-2H. The van der Waals surface area contributed by atoms with Crippen LogP contribution in [0.25, 0.3) is 0 Å². The highest BCUT2D eigenvalue weighted by Crippen LogP contribution is 2.38. The summed E-state index contributed by atoms with van der Waals surface area (Å²) in [4.78, 5) is 0. The van der Waals surface area contributed by atoms with Crippen molar-refractivity contribution in [3.8, 4) is 0 Å². The molecule has 12 heteroatoms. The first kappa shape index (κ1) is 23.8. The molecular weight excluding hydrogens is 495 g/mol. The van der Waals surface area contributed by atoms with E-state index in [0.717, 1.165) is 24.3 Å². The third-order valence-electron chi connectivity index (χ3n) is 2.62. The lowest BCUT2D eigenvalue weighted by atomic mass is 10.2. The molecule has 0 aliphatic heterocycles. The van der Waals surface area contributed by atoms with Gasteiger partial charge in [-0.25, -0.2) is 0 Å². The van der Waals surface area contributed by atoms with Gasteiger partial charge in [-0.3, -0.25) is 0 Å². The maximum atomic E-state index is 12.1. The zero-order chi connectivity index (χ0) is 20.4. The maximum absolute atomic E-state index is 12.1. The van der Waals surface area contributed by atoms with Crippen molar-refractivity contribution in [3.63, 3.8) is 0 Å². The SMILES string of the molecule is FC(F)(F)c1cc(Cl)c(Cl)c(Cl)c1.FC(F)(F)c1cc(Cl)c(Cl)c(Cl)c1. The summed E-state index contributed by atoms with van der Waals surface area (Å²) in [6.45, 7) is 0. The van der Waals surface area contributed by atoms with Crippen LogP contribution in [0.15, 0.2) is 24.3 Å². The average molecular weight is 499 g/mol. The summed E-state index contributed by atoms with van der Waals surface area (Å²) in [6.07, 6.45) is -8.92. The van der Waals surface area contributed by atoms with Gasteiger partial charge in [-0.05, 0) is 24.3 Å². The Bertz CT molecular complexity index is 686. The summed E-state index contributed by atoms with van der Waals surface area (Å²) in [5.41, 5.74) is -1.82. The van der Waals surface area contributed by atoms with Crippen molar-refractivity contribution in [1.29, 1.82) is 0 Å². The molecule has 0 atom stereocenters. The van der Waals surface area contributed by atoms with Crippen molar-refractivity contribution in [1.82, 2.24) is 0 Å². The predicted molar refractivity (Wildman–Crippen MR) is 92.9 cm³/mol. The van der Waals surface area contributed by atoms with Gasteiger partial charge in [0.25, 0.3) is 0 Å². The van der Waals surface area contributed by atoms with Gasteiger partial charge in [-0.1, -0.05) is 69.6 Å². The van der Waals surface area contributed by atoms with Crippen LogP contribution in [0.1, 0.15) is 11.1 Å². The van der Waals surface area contributed by atoms with Crippen molar-refractivity contribution in [2.75, 3.05) is 0 Å². The molecule has 2 aromatic rings. The summed E-state index contributed by atoms with van der Waals surface area (Å²) in [5.74, 6) is 0. The molecule has 26 heavy (non-hydrogen) atoms. The number of halogens is 12. The second kappa shape index (κ2) is 8.84. The molecule has 0 nitrogen and oxygen atoms in total. The molecular formula is C14H4Cl6F6. The number of hydrogen-bond acceptors (Lipinski definition) is 0. The van der Waals surface area contributed by atoms with Crippen molar-refractivity contribution in [2.24, 2.45) is 0 Å². The number of rotatable bonds is 0. The van der Waals surface area contributed by atoms with Gasteiger partial charge in [0.1, 0.15) is 0 Å². The van der Waals surface area contributed by atoms with Gasteiger partial charge < -0.3 is 0 Å². The van der Waals surface area contributed by atoms with Crippen LogP contribution in [-0.2, 0) is 12.4 Å². The lowest BCUT2D eigenvalue weighted by Crippen LogP contribution is -2.04. The molecule has 0 bridgehead atoms. The molecule has 2 rings (SSSR count). The Balaban J connectivity index is 0.000000260. The average Bonchev–Trinajstić information content (AvgIpc) is 2.48. The van der Waals surface area contributed by atoms with Crippen LogP contribution in [0.4, 0.5) is 26.3 Å². The fourth-order valence-electron chi connectivity index (χ4n) is 1.44. The molecule has 0 aromatic heterocycles. The molecule has 0 spiro atoms. The van der Waals surface area contributed by atoms with E-state index in [0.29, 0.717) is 0 Å². The number of hydrogen-bond donors (Lipinski definition) is 0. The quantitative estimate of drug-likeness (QED) is 0.251. The fraction of sp³-hybridized carbons (Fsp3) is 0.143. The molecule has 0 aliphatic rings. The van der Waals surface area contributed by atoms with Crippen LogP contribution in [0.5, 0.6) is 0 Å². The normalized spacial score (nSPS) is 11.8. The highest BCUT2D eigenvalue weighted by atomic mass is 35.5. The maximum Gasteiger partial charge on any atom is 0.416 e. The van der Waals surface area contributed by atoms with Crippen LogP contribution in [0, 0.1) is 0 Å². The zero-order valence-electron chi connectivity index (χ0n) is 11.8. The summed E-state index contributed by atoms with van der Waals surface area (Å²) >= 11 is 32.6. The van der Waals surface area contributed by atoms with Crippen molar-refractivity contribution in [2.45, 2.75) is 12.4 Å². The third-order valence-corrected chi connectivity index (χ3v) is 5.02. The minimum Gasteiger partial charge on any atom is -0.166 e. The minimum atomic E-state index is -4.46. The van der Waals surface area contributed by atoms with E-state index < -0.39 is 23.5 Å². The van der Waals surface area contributed by atoms with E-state index in [4.69, 9.17) is 69.6 Å². The minimum absolute atomic E-state index is 0.0728. The Morgan fingerprint density at radius 3 is 0.808 bits per heavy atom. The van der Waals surface area contributed by atoms with Crippen molar-refractivity contribution < 1.29 is 26.3 Å². The van der Waals surface area contributed by atoms with E-state index in [9.17, 15) is 26.3 Å². The number of alkyl halides is 6. The van der Waals surface area contributed by atoms with Gasteiger partial charge in [0, 0.05) is 0 Å². The molecule has 0 radical (unpaired) electrons. The molecule has 0 aliphatic carbocycles. The lowest BCUT2D eigenvalue weighted by Gasteiger charge is -2.08. The van der Waals surface area contributed by atoms with E-state index in [1.807, 2.05) is 0 Å². The first-order valence-electron chi connectivity index (χ1n) is 6.08. The highest BCUT2D eigenvalue weighted by molar-refractivity contribution is 6.48. The van der Waals surface area contributed by atoms with Crippen LogP contribution in [0.2, 0.25) is 30.1 Å². The van der Waals surface area contributed by atoms with Crippen LogP contribution in [0.3, 0.4) is 0 Å². The van der Waals surface area contributed by atoms with E-state index >= 15 is 0 Å². The predicted octanol–water partition coefficient (Wildman–Crippen LogP) is 9.33. The monoisotopic (exact) mass is 496 g/mol. The molecule has 0 amide bonds. The zero-order valence-corrected chi connectivity index (χ0v) is 16.4. The first-order chi connectivity index (χ1) is 11.6. The van der Waals surface area contributed by atoms with E-state index in [1.54, 1.807) is 0 Å². The van der Waals surface area contributed by atoms with Crippen LogP contribution in [-0.4, -0.2) is 0 Å². The van der Waals surface area contributed by atoms with Gasteiger partial charge in [-0.2, -0.15) is 26.3 Å². The van der Waals surface area contributed by atoms with Crippen LogP contribution < -0.4 is 0 Å². The number of benzene rings is 2. The Hall–Kier alpha value is -0.240. The van der Waals surface area contributed by atoms with Gasteiger partial charge in [0.2, 0.25) is 0 Å². The summed E-state index contributed by atoms with van der Waals surface area (Å²) in [7, 11) is 0. The van der Waals surface area contributed by atoms with Gasteiger partial charge in [0.05, 0.1) is 41.3 Å². The Labute approximate surface area is 173 Å². The second-order valence-electron chi connectivity index (χ2n) is 4.50. The fourth-order valence-corrected chi connectivity index (χ4v) is 2.63. The summed E-state index contributed by atoms with van der Waals surface area (Å²) in [5, 5.41) is -0.973. The van der Waals surface area contributed by atoms with Gasteiger partial charge in [-0.15, -0.1) is 0 Å². The molecule has 0 N–H and O–H groups in total. The van der Waals surface area contributed by atoms with Gasteiger partial charge >= 0.3 is 12.4 Å². The Morgan fingerprint density at radius 2 is 0.654 bits per heavy atom. The molecule has 0 saturated heterocycles. The topological polar surface area (TPSA) is 0 Å².